The van der Waals surface area contributed by atoms with E-state index < -0.39 is 0 Å². The highest BCUT2D eigenvalue weighted by Crippen LogP contribution is 2.13. The van der Waals surface area contributed by atoms with E-state index in [2.05, 4.69) is 24.8 Å². The molecule has 0 atom stereocenters. The zero-order valence-electron chi connectivity index (χ0n) is 9.06. The second-order valence-corrected chi connectivity index (χ2v) is 2.98. The van der Waals surface area contributed by atoms with Gasteiger partial charge in [-0.25, -0.2) is 0 Å². The largest absolute Gasteiger partial charge is 0.375 e. The van der Waals surface area contributed by atoms with E-state index in [4.69, 9.17) is 0 Å². The van der Waals surface area contributed by atoms with Crippen molar-refractivity contribution in [1.82, 2.24) is 4.90 Å². The van der Waals surface area contributed by atoms with Crippen LogP contribution < -0.4 is 0 Å². The van der Waals surface area contributed by atoms with E-state index in [1.165, 1.54) is 38.0 Å². The van der Waals surface area contributed by atoms with E-state index >= 15 is 0 Å². The van der Waals surface area contributed by atoms with Gasteiger partial charge in [0, 0.05) is 18.8 Å². The fourth-order valence-electron chi connectivity index (χ4n) is 1.43. The first-order valence-electron chi connectivity index (χ1n) is 5.22. The molecule has 0 aliphatic carbocycles. The maximum absolute atomic E-state index is 2.48. The predicted octanol–water partition coefficient (Wildman–Crippen LogP) is 3.42. The molecule has 0 aromatic rings. The molecule has 1 heteroatoms. The van der Waals surface area contributed by atoms with Crippen LogP contribution in [0, 0.1) is 0 Å². The Kier molecular flexibility index (Phi) is 6.93. The number of hydrogen-bond acceptors (Lipinski definition) is 1. The minimum absolute atomic E-state index is 1.27. The van der Waals surface area contributed by atoms with Crippen molar-refractivity contribution in [2.24, 2.45) is 0 Å². The first kappa shape index (κ1) is 11.5. The molecule has 12 heavy (non-hydrogen) atoms. The van der Waals surface area contributed by atoms with Crippen molar-refractivity contribution in [3.05, 3.63) is 11.8 Å². The number of nitrogens with zero attached hydrogens (tertiary/aromatic N) is 1. The molecule has 1 aliphatic rings. The van der Waals surface area contributed by atoms with Crippen LogP contribution in [0.15, 0.2) is 11.8 Å². The fourth-order valence-corrected chi connectivity index (χ4v) is 1.43. The summed E-state index contributed by atoms with van der Waals surface area (Å²) in [4.78, 5) is 2.48. The van der Waals surface area contributed by atoms with E-state index in [1.54, 1.807) is 0 Å². The topological polar surface area (TPSA) is 3.24 Å². The van der Waals surface area contributed by atoms with Crippen molar-refractivity contribution in [3.63, 3.8) is 0 Å². The van der Waals surface area contributed by atoms with Gasteiger partial charge in [0.15, 0.2) is 0 Å². The summed E-state index contributed by atoms with van der Waals surface area (Å²) in [5, 5.41) is 0. The standard InChI is InChI=1S/C9H17N.C2H6/c1-3-9(2)10-7-5-4-6-8-10;1-2/h3H,4-8H2,1-2H3;1-2H3/b9-3+;. The Bertz CT molecular complexity index is 121. The molecule has 1 rings (SSSR count). The summed E-state index contributed by atoms with van der Waals surface area (Å²) in [5.41, 5.74) is 1.44. The van der Waals surface area contributed by atoms with Crippen LogP contribution in [0.5, 0.6) is 0 Å². The Labute approximate surface area is 77.5 Å². The summed E-state index contributed by atoms with van der Waals surface area (Å²) in [6.45, 7) is 10.9. The van der Waals surface area contributed by atoms with Crippen LogP contribution in [0.4, 0.5) is 0 Å². The van der Waals surface area contributed by atoms with Gasteiger partial charge in [0.25, 0.3) is 0 Å². The Hall–Kier alpha value is -0.460. The van der Waals surface area contributed by atoms with Crippen molar-refractivity contribution < 1.29 is 0 Å². The summed E-state index contributed by atoms with van der Waals surface area (Å²) in [6.07, 6.45) is 6.38. The lowest BCUT2D eigenvalue weighted by atomic mass is 10.1. The van der Waals surface area contributed by atoms with Gasteiger partial charge in [0.1, 0.15) is 0 Å². The van der Waals surface area contributed by atoms with Crippen molar-refractivity contribution >= 4 is 0 Å². The summed E-state index contributed by atoms with van der Waals surface area (Å²) in [7, 11) is 0. The van der Waals surface area contributed by atoms with Gasteiger partial charge in [-0.15, -0.1) is 0 Å². The van der Waals surface area contributed by atoms with Crippen molar-refractivity contribution in [3.8, 4) is 0 Å². The number of hydrogen-bond donors (Lipinski definition) is 0. The van der Waals surface area contributed by atoms with Crippen LogP contribution in [-0.2, 0) is 0 Å². The number of rotatable bonds is 1. The molecule has 1 fully saturated rings. The van der Waals surface area contributed by atoms with Crippen molar-refractivity contribution in [2.75, 3.05) is 13.1 Å². The molecule has 1 aliphatic heterocycles. The summed E-state index contributed by atoms with van der Waals surface area (Å²) >= 11 is 0. The Morgan fingerprint density at radius 1 is 1.08 bits per heavy atom. The normalized spacial score (nSPS) is 18.3. The lowest BCUT2D eigenvalue weighted by Gasteiger charge is -2.29. The molecule has 0 aromatic carbocycles. The summed E-state index contributed by atoms with van der Waals surface area (Å²) in [5.74, 6) is 0. The van der Waals surface area contributed by atoms with E-state index in [0.29, 0.717) is 0 Å². The number of allylic oxidation sites excluding steroid dienone is 2. The molecule has 0 bridgehead atoms. The van der Waals surface area contributed by atoms with Gasteiger partial charge in [-0.2, -0.15) is 0 Å². The van der Waals surface area contributed by atoms with Crippen LogP contribution in [0.25, 0.3) is 0 Å². The van der Waals surface area contributed by atoms with Gasteiger partial charge >= 0.3 is 0 Å². The average Bonchev–Trinajstić information content (AvgIpc) is 2.21. The molecule has 0 aromatic heterocycles. The summed E-state index contributed by atoms with van der Waals surface area (Å²) < 4.78 is 0. The fraction of sp³-hybridized carbons (Fsp3) is 0.818. The lowest BCUT2D eigenvalue weighted by molar-refractivity contribution is 0.285. The molecule has 72 valence electrons. The molecular weight excluding hydrogens is 146 g/mol. The third-order valence-corrected chi connectivity index (χ3v) is 2.27. The van der Waals surface area contributed by atoms with E-state index in [0.717, 1.165) is 0 Å². The van der Waals surface area contributed by atoms with Crippen LogP contribution in [-0.4, -0.2) is 18.0 Å². The van der Waals surface area contributed by atoms with Crippen molar-refractivity contribution in [1.29, 1.82) is 0 Å². The highest BCUT2D eigenvalue weighted by Gasteiger charge is 2.08. The molecule has 1 saturated heterocycles. The van der Waals surface area contributed by atoms with E-state index in [-0.39, 0.29) is 0 Å². The lowest BCUT2D eigenvalue weighted by Crippen LogP contribution is -2.27. The quantitative estimate of drug-likeness (QED) is 0.581. The van der Waals surface area contributed by atoms with Gasteiger partial charge in [0.2, 0.25) is 0 Å². The van der Waals surface area contributed by atoms with Gasteiger partial charge in [0.05, 0.1) is 0 Å². The molecule has 0 saturated carbocycles. The van der Waals surface area contributed by atoms with Crippen LogP contribution >= 0.6 is 0 Å². The number of piperidine rings is 1. The maximum Gasteiger partial charge on any atom is 0.0174 e. The SMILES string of the molecule is C/C=C(\C)N1CCCCC1.CC. The first-order chi connectivity index (χ1) is 5.84. The molecule has 0 N–H and O–H groups in total. The van der Waals surface area contributed by atoms with Gasteiger partial charge in [-0.1, -0.05) is 19.9 Å². The average molecular weight is 169 g/mol. The minimum Gasteiger partial charge on any atom is -0.375 e. The Morgan fingerprint density at radius 3 is 2.00 bits per heavy atom. The zero-order valence-corrected chi connectivity index (χ0v) is 9.06. The molecule has 0 unspecified atom stereocenters. The van der Waals surface area contributed by atoms with E-state index in [1.807, 2.05) is 13.8 Å². The third-order valence-electron chi connectivity index (χ3n) is 2.27. The molecule has 1 nitrogen and oxygen atoms in total. The number of likely N-dealkylation sites (tertiary alicyclic amines) is 1. The van der Waals surface area contributed by atoms with E-state index in [9.17, 15) is 0 Å². The minimum atomic E-state index is 1.27. The Morgan fingerprint density at radius 2 is 1.58 bits per heavy atom. The molecular formula is C11H23N. The van der Waals surface area contributed by atoms with Crippen LogP contribution in [0.2, 0.25) is 0 Å². The summed E-state index contributed by atoms with van der Waals surface area (Å²) in [6, 6.07) is 0. The smallest absolute Gasteiger partial charge is 0.0174 e. The molecule has 0 amide bonds. The molecule has 0 spiro atoms. The highest BCUT2D eigenvalue weighted by atomic mass is 15.1. The Balaban J connectivity index is 0.000000561. The second-order valence-electron chi connectivity index (χ2n) is 2.98. The zero-order chi connectivity index (χ0) is 9.40. The maximum atomic E-state index is 2.48. The monoisotopic (exact) mass is 169 g/mol. The third kappa shape index (κ3) is 3.80. The highest BCUT2D eigenvalue weighted by molar-refractivity contribution is 4.95. The van der Waals surface area contributed by atoms with Gasteiger partial charge in [-0.05, 0) is 33.1 Å². The van der Waals surface area contributed by atoms with Gasteiger partial charge in [-0.3, -0.25) is 0 Å². The van der Waals surface area contributed by atoms with Gasteiger partial charge < -0.3 is 4.90 Å². The van der Waals surface area contributed by atoms with Crippen LogP contribution in [0.1, 0.15) is 47.0 Å². The predicted molar refractivity (Wildman–Crippen MR) is 56.2 cm³/mol. The van der Waals surface area contributed by atoms with Crippen LogP contribution in [0.3, 0.4) is 0 Å². The van der Waals surface area contributed by atoms with Crippen molar-refractivity contribution in [2.45, 2.75) is 47.0 Å². The second kappa shape index (κ2) is 7.20. The first-order valence-corrected chi connectivity index (χ1v) is 5.22. The molecule has 1 heterocycles. The molecule has 0 radical (unpaired) electrons.